The smallest absolute Gasteiger partial charge is 0.149 e. The lowest BCUT2D eigenvalue weighted by Gasteiger charge is -2.34. The topological polar surface area (TPSA) is 46.0 Å². The lowest BCUT2D eigenvalue weighted by molar-refractivity contribution is 0.174. The number of likely N-dealkylation sites (tertiary alicyclic amines) is 1. The summed E-state index contributed by atoms with van der Waals surface area (Å²) in [6.07, 6.45) is 4.22. The van der Waals surface area contributed by atoms with Crippen LogP contribution in [0.3, 0.4) is 0 Å². The van der Waals surface area contributed by atoms with E-state index in [9.17, 15) is 0 Å². The number of rotatable bonds is 5. The zero-order valence-corrected chi connectivity index (χ0v) is 12.6. The van der Waals surface area contributed by atoms with Crippen LogP contribution >= 0.6 is 0 Å². The van der Waals surface area contributed by atoms with E-state index in [4.69, 9.17) is 0 Å². The van der Waals surface area contributed by atoms with Crippen LogP contribution in [0.2, 0.25) is 0 Å². The number of nitrogens with one attached hydrogen (secondary N) is 1. The Morgan fingerprint density at radius 1 is 1.32 bits per heavy atom. The molecule has 1 aromatic rings. The molecule has 1 aliphatic heterocycles. The summed E-state index contributed by atoms with van der Waals surface area (Å²) in [6.45, 7) is 10.4. The first-order chi connectivity index (χ1) is 9.06. The second kappa shape index (κ2) is 6.48. The predicted octanol–water partition coefficient (Wildman–Crippen LogP) is 1.59. The lowest BCUT2D eigenvalue weighted by atomic mass is 10.0. The molecule has 1 aromatic heterocycles. The molecule has 0 unspecified atom stereocenters. The zero-order chi connectivity index (χ0) is 13.8. The summed E-state index contributed by atoms with van der Waals surface area (Å²) >= 11 is 0. The molecule has 0 saturated carbocycles. The van der Waals surface area contributed by atoms with Gasteiger partial charge in [0, 0.05) is 19.6 Å². The van der Waals surface area contributed by atoms with Crippen LogP contribution in [-0.4, -0.2) is 45.3 Å². The summed E-state index contributed by atoms with van der Waals surface area (Å²) in [5, 5.41) is 11.8. The summed E-state index contributed by atoms with van der Waals surface area (Å²) in [5.41, 5.74) is 0. The first-order valence-corrected chi connectivity index (χ1v) is 7.38. The third-order valence-corrected chi connectivity index (χ3v) is 3.83. The molecule has 1 fully saturated rings. The second-order valence-electron chi connectivity index (χ2n) is 6.16. The maximum Gasteiger partial charge on any atom is 0.149 e. The molecule has 2 heterocycles. The molecular weight excluding hydrogens is 238 g/mol. The summed E-state index contributed by atoms with van der Waals surface area (Å²) in [5.74, 6) is 1.78. The van der Waals surface area contributed by atoms with Gasteiger partial charge >= 0.3 is 0 Å². The van der Waals surface area contributed by atoms with Gasteiger partial charge in [-0.25, -0.2) is 0 Å². The Labute approximate surface area is 116 Å². The monoisotopic (exact) mass is 265 g/mol. The van der Waals surface area contributed by atoms with Crippen molar-refractivity contribution in [2.75, 3.05) is 19.6 Å². The van der Waals surface area contributed by atoms with Crippen LogP contribution < -0.4 is 5.32 Å². The predicted molar refractivity (Wildman–Crippen MR) is 76.9 cm³/mol. The third-order valence-electron chi connectivity index (χ3n) is 3.83. The molecule has 0 aromatic carbocycles. The Hall–Kier alpha value is -0.940. The number of hydrogen-bond acceptors (Lipinski definition) is 4. The highest BCUT2D eigenvalue weighted by Gasteiger charge is 2.22. The molecule has 0 amide bonds. The molecule has 19 heavy (non-hydrogen) atoms. The number of hydrogen-bond donors (Lipinski definition) is 1. The maximum atomic E-state index is 4.18. The molecule has 1 saturated heterocycles. The average Bonchev–Trinajstić information content (AvgIpc) is 2.77. The molecule has 5 nitrogen and oxygen atoms in total. The van der Waals surface area contributed by atoms with Gasteiger partial charge in [-0.3, -0.25) is 0 Å². The second-order valence-corrected chi connectivity index (χ2v) is 6.16. The van der Waals surface area contributed by atoms with Crippen LogP contribution in [0.15, 0.2) is 6.33 Å². The van der Waals surface area contributed by atoms with Gasteiger partial charge in [0.1, 0.15) is 12.2 Å². The van der Waals surface area contributed by atoms with Crippen molar-refractivity contribution >= 4 is 0 Å². The van der Waals surface area contributed by atoms with Crippen molar-refractivity contribution in [3.05, 3.63) is 12.2 Å². The number of aromatic nitrogens is 3. The van der Waals surface area contributed by atoms with E-state index >= 15 is 0 Å². The maximum absolute atomic E-state index is 4.18. The molecule has 0 spiro atoms. The zero-order valence-electron chi connectivity index (χ0n) is 12.6. The molecule has 5 heteroatoms. The van der Waals surface area contributed by atoms with Gasteiger partial charge in [0.25, 0.3) is 0 Å². The van der Waals surface area contributed by atoms with Crippen LogP contribution in [0.1, 0.15) is 45.5 Å². The van der Waals surface area contributed by atoms with E-state index in [0.717, 1.165) is 11.7 Å². The molecular formula is C14H27N5. The van der Waals surface area contributed by atoms with Gasteiger partial charge in [-0.05, 0) is 38.8 Å². The molecule has 1 aliphatic rings. The van der Waals surface area contributed by atoms with Crippen molar-refractivity contribution < 1.29 is 0 Å². The minimum absolute atomic E-state index is 0.272. The highest BCUT2D eigenvalue weighted by molar-refractivity contribution is 4.94. The Bertz CT molecular complexity index is 379. The van der Waals surface area contributed by atoms with E-state index in [1.165, 1.54) is 32.5 Å². The van der Waals surface area contributed by atoms with Crippen molar-refractivity contribution in [1.29, 1.82) is 0 Å². The van der Waals surface area contributed by atoms with Crippen LogP contribution in [-0.2, 0) is 7.05 Å². The minimum Gasteiger partial charge on any atom is -0.319 e. The van der Waals surface area contributed by atoms with Crippen LogP contribution in [0.4, 0.5) is 0 Å². The Balaban J connectivity index is 1.78. The van der Waals surface area contributed by atoms with Gasteiger partial charge in [-0.2, -0.15) is 0 Å². The Morgan fingerprint density at radius 2 is 2.00 bits per heavy atom. The molecule has 0 radical (unpaired) electrons. The summed E-state index contributed by atoms with van der Waals surface area (Å²) < 4.78 is 1.99. The van der Waals surface area contributed by atoms with E-state index < -0.39 is 0 Å². The lowest BCUT2D eigenvalue weighted by Crippen LogP contribution is -2.44. The van der Waals surface area contributed by atoms with Gasteiger partial charge in [0.15, 0.2) is 0 Å². The van der Waals surface area contributed by atoms with Crippen molar-refractivity contribution in [2.45, 2.75) is 45.7 Å². The van der Waals surface area contributed by atoms with Crippen LogP contribution in [0.25, 0.3) is 0 Å². The SMILES string of the molecule is CC(C)CN1CCC(N[C@H](C)c2nncn2C)CC1. The number of piperidine rings is 1. The molecule has 1 N–H and O–H groups in total. The molecule has 2 rings (SSSR count). The van der Waals surface area contributed by atoms with Crippen LogP contribution in [0, 0.1) is 5.92 Å². The fourth-order valence-corrected chi connectivity index (χ4v) is 2.91. The third kappa shape index (κ3) is 4.01. The van der Waals surface area contributed by atoms with E-state index in [-0.39, 0.29) is 6.04 Å². The number of aryl methyl sites for hydroxylation is 1. The summed E-state index contributed by atoms with van der Waals surface area (Å²) in [7, 11) is 2.00. The standard InChI is InChI=1S/C14H27N5/c1-11(2)9-19-7-5-13(6-8-19)16-12(3)14-17-15-10-18(14)4/h10-13,16H,5-9H2,1-4H3/t12-/m1/s1. The van der Waals surface area contributed by atoms with E-state index in [1.54, 1.807) is 6.33 Å². The Morgan fingerprint density at radius 3 is 2.53 bits per heavy atom. The normalized spacial score (nSPS) is 20.1. The van der Waals surface area contributed by atoms with Gasteiger partial charge in [0.05, 0.1) is 6.04 Å². The largest absolute Gasteiger partial charge is 0.319 e. The van der Waals surface area contributed by atoms with Crippen molar-refractivity contribution in [2.24, 2.45) is 13.0 Å². The van der Waals surface area contributed by atoms with Gasteiger partial charge in [0.2, 0.25) is 0 Å². The van der Waals surface area contributed by atoms with Crippen molar-refractivity contribution in [3.63, 3.8) is 0 Å². The minimum atomic E-state index is 0.272. The van der Waals surface area contributed by atoms with Gasteiger partial charge in [-0.15, -0.1) is 10.2 Å². The van der Waals surface area contributed by atoms with Gasteiger partial charge in [-0.1, -0.05) is 13.8 Å². The molecule has 1 atom stereocenters. The fraction of sp³-hybridized carbons (Fsp3) is 0.857. The number of nitrogens with zero attached hydrogens (tertiary/aromatic N) is 4. The van der Waals surface area contributed by atoms with E-state index in [2.05, 4.69) is 41.2 Å². The molecule has 108 valence electrons. The quantitative estimate of drug-likeness (QED) is 0.878. The first-order valence-electron chi connectivity index (χ1n) is 7.38. The molecule has 0 bridgehead atoms. The Kier molecular flexibility index (Phi) is 4.93. The van der Waals surface area contributed by atoms with Crippen molar-refractivity contribution in [1.82, 2.24) is 25.0 Å². The van der Waals surface area contributed by atoms with E-state index in [1.807, 2.05) is 11.6 Å². The van der Waals surface area contributed by atoms with Crippen molar-refractivity contribution in [3.8, 4) is 0 Å². The van der Waals surface area contributed by atoms with Crippen LogP contribution in [0.5, 0.6) is 0 Å². The highest BCUT2D eigenvalue weighted by Crippen LogP contribution is 2.16. The highest BCUT2D eigenvalue weighted by atomic mass is 15.3. The summed E-state index contributed by atoms with van der Waals surface area (Å²) in [6, 6.07) is 0.879. The average molecular weight is 265 g/mol. The molecule has 0 aliphatic carbocycles. The first kappa shape index (κ1) is 14.5. The van der Waals surface area contributed by atoms with E-state index in [0.29, 0.717) is 6.04 Å². The fourth-order valence-electron chi connectivity index (χ4n) is 2.91. The van der Waals surface area contributed by atoms with Gasteiger partial charge < -0.3 is 14.8 Å². The summed E-state index contributed by atoms with van der Waals surface area (Å²) in [4.78, 5) is 2.58.